The highest BCUT2D eigenvalue weighted by atomic mass is 19.1. The van der Waals surface area contributed by atoms with Crippen molar-refractivity contribution in [2.45, 2.75) is 0 Å². The Morgan fingerprint density at radius 3 is 2.88 bits per heavy atom. The first-order valence-electron chi connectivity index (χ1n) is 5.19. The van der Waals surface area contributed by atoms with Gasteiger partial charge in [-0.1, -0.05) is 0 Å². The SMILES string of the molecule is NCCOCCNC(=O)c1ccc(O)cc1F. The average molecular weight is 242 g/mol. The van der Waals surface area contributed by atoms with Gasteiger partial charge in [-0.3, -0.25) is 4.79 Å². The third-order valence-electron chi connectivity index (χ3n) is 1.99. The van der Waals surface area contributed by atoms with Crippen molar-refractivity contribution >= 4 is 5.91 Å². The topological polar surface area (TPSA) is 84.6 Å². The van der Waals surface area contributed by atoms with Crippen molar-refractivity contribution < 1.29 is 19.0 Å². The molecule has 0 aromatic heterocycles. The highest BCUT2D eigenvalue weighted by Gasteiger charge is 2.11. The molecule has 0 fully saturated rings. The molecule has 0 heterocycles. The van der Waals surface area contributed by atoms with Gasteiger partial charge in [0.1, 0.15) is 11.6 Å². The normalized spacial score (nSPS) is 10.2. The van der Waals surface area contributed by atoms with Crippen molar-refractivity contribution in [3.05, 3.63) is 29.6 Å². The van der Waals surface area contributed by atoms with E-state index in [1.807, 2.05) is 0 Å². The zero-order valence-corrected chi connectivity index (χ0v) is 9.28. The first-order chi connectivity index (χ1) is 8.15. The Hall–Kier alpha value is -1.66. The summed E-state index contributed by atoms with van der Waals surface area (Å²) in [6, 6.07) is 3.36. The van der Waals surface area contributed by atoms with E-state index in [0.29, 0.717) is 19.8 Å². The van der Waals surface area contributed by atoms with Crippen LogP contribution in [0.15, 0.2) is 18.2 Å². The van der Waals surface area contributed by atoms with E-state index in [1.165, 1.54) is 12.1 Å². The smallest absolute Gasteiger partial charge is 0.254 e. The number of phenolic OH excluding ortho intramolecular Hbond substituents is 1. The second-order valence-electron chi connectivity index (χ2n) is 3.32. The first-order valence-corrected chi connectivity index (χ1v) is 5.19. The number of aromatic hydroxyl groups is 1. The maximum Gasteiger partial charge on any atom is 0.254 e. The van der Waals surface area contributed by atoms with Crippen molar-refractivity contribution in [1.29, 1.82) is 0 Å². The predicted molar refractivity (Wildman–Crippen MR) is 60.3 cm³/mol. The molecule has 4 N–H and O–H groups in total. The number of benzene rings is 1. The summed E-state index contributed by atoms with van der Waals surface area (Å²) in [5.41, 5.74) is 5.10. The highest BCUT2D eigenvalue weighted by molar-refractivity contribution is 5.94. The fourth-order valence-corrected chi connectivity index (χ4v) is 1.21. The van der Waals surface area contributed by atoms with Crippen molar-refractivity contribution in [2.75, 3.05) is 26.3 Å². The zero-order chi connectivity index (χ0) is 12.7. The van der Waals surface area contributed by atoms with Crippen LogP contribution in [0.4, 0.5) is 4.39 Å². The molecule has 0 aliphatic rings. The van der Waals surface area contributed by atoms with Crippen LogP contribution >= 0.6 is 0 Å². The van der Waals surface area contributed by atoms with E-state index in [0.717, 1.165) is 6.07 Å². The number of nitrogens with one attached hydrogen (secondary N) is 1. The first kappa shape index (κ1) is 13.4. The minimum absolute atomic E-state index is 0.110. The standard InChI is InChI=1S/C11H15FN2O3/c12-10-7-8(15)1-2-9(10)11(16)14-4-6-17-5-3-13/h1-2,7,15H,3-6,13H2,(H,14,16). The zero-order valence-electron chi connectivity index (χ0n) is 9.28. The Morgan fingerprint density at radius 1 is 1.47 bits per heavy atom. The summed E-state index contributed by atoms with van der Waals surface area (Å²) in [5.74, 6) is -1.52. The number of amides is 1. The van der Waals surface area contributed by atoms with Gasteiger partial charge in [-0.05, 0) is 12.1 Å². The van der Waals surface area contributed by atoms with Gasteiger partial charge in [0.15, 0.2) is 0 Å². The number of halogens is 1. The number of carbonyl (C=O) groups excluding carboxylic acids is 1. The molecule has 1 aromatic carbocycles. The van der Waals surface area contributed by atoms with Gasteiger partial charge in [-0.2, -0.15) is 0 Å². The van der Waals surface area contributed by atoms with E-state index in [-0.39, 0.29) is 17.9 Å². The van der Waals surface area contributed by atoms with E-state index >= 15 is 0 Å². The summed E-state index contributed by atoms with van der Waals surface area (Å²) in [4.78, 5) is 11.5. The molecule has 0 radical (unpaired) electrons. The molecule has 0 saturated carbocycles. The van der Waals surface area contributed by atoms with Gasteiger partial charge in [-0.25, -0.2) is 4.39 Å². The van der Waals surface area contributed by atoms with E-state index in [4.69, 9.17) is 15.6 Å². The predicted octanol–water partition coefficient (Wildman–Crippen LogP) is 0.236. The van der Waals surface area contributed by atoms with Gasteiger partial charge in [0.2, 0.25) is 0 Å². The Morgan fingerprint density at radius 2 is 2.24 bits per heavy atom. The molecule has 0 aliphatic carbocycles. The molecule has 1 rings (SSSR count). The minimum Gasteiger partial charge on any atom is -0.508 e. The molecule has 17 heavy (non-hydrogen) atoms. The van der Waals surface area contributed by atoms with Crippen LogP contribution in [-0.4, -0.2) is 37.3 Å². The molecule has 0 spiro atoms. The molecule has 0 atom stereocenters. The monoisotopic (exact) mass is 242 g/mol. The molecule has 94 valence electrons. The Balaban J connectivity index is 2.42. The van der Waals surface area contributed by atoms with Crippen LogP contribution in [0.3, 0.4) is 0 Å². The summed E-state index contributed by atoms with van der Waals surface area (Å²) in [6.07, 6.45) is 0. The fraction of sp³-hybridized carbons (Fsp3) is 0.364. The van der Waals surface area contributed by atoms with Crippen LogP contribution in [0.1, 0.15) is 10.4 Å². The number of carbonyl (C=O) groups is 1. The third-order valence-corrected chi connectivity index (χ3v) is 1.99. The number of nitrogens with two attached hydrogens (primary N) is 1. The fourth-order valence-electron chi connectivity index (χ4n) is 1.21. The van der Waals surface area contributed by atoms with E-state index in [9.17, 15) is 9.18 Å². The highest BCUT2D eigenvalue weighted by Crippen LogP contribution is 2.14. The maximum absolute atomic E-state index is 13.3. The van der Waals surface area contributed by atoms with E-state index < -0.39 is 11.7 Å². The summed E-state index contributed by atoms with van der Waals surface area (Å²) < 4.78 is 18.3. The molecule has 0 saturated heterocycles. The lowest BCUT2D eigenvalue weighted by molar-refractivity contribution is 0.0916. The van der Waals surface area contributed by atoms with Crippen LogP contribution < -0.4 is 11.1 Å². The summed E-state index contributed by atoms with van der Waals surface area (Å²) >= 11 is 0. The lowest BCUT2D eigenvalue weighted by Gasteiger charge is -2.06. The van der Waals surface area contributed by atoms with E-state index in [2.05, 4.69) is 5.32 Å². The molecule has 5 nitrogen and oxygen atoms in total. The molecule has 1 aromatic rings. The van der Waals surface area contributed by atoms with Crippen molar-refractivity contribution in [2.24, 2.45) is 5.73 Å². The molecule has 6 heteroatoms. The van der Waals surface area contributed by atoms with Gasteiger partial charge >= 0.3 is 0 Å². The van der Waals surface area contributed by atoms with Crippen LogP contribution in [0.2, 0.25) is 0 Å². The molecular formula is C11H15FN2O3. The van der Waals surface area contributed by atoms with Gasteiger partial charge in [0.05, 0.1) is 18.8 Å². The number of rotatable bonds is 6. The number of hydrogen-bond donors (Lipinski definition) is 3. The Labute approximate surface area is 98.4 Å². The van der Waals surface area contributed by atoms with Crippen molar-refractivity contribution in [1.82, 2.24) is 5.32 Å². The Bertz CT molecular complexity index is 385. The van der Waals surface area contributed by atoms with Crippen LogP contribution in [0.5, 0.6) is 5.75 Å². The summed E-state index contributed by atoms with van der Waals surface area (Å²) in [5, 5.41) is 11.5. The minimum atomic E-state index is -0.759. The molecule has 0 aliphatic heterocycles. The van der Waals surface area contributed by atoms with Crippen molar-refractivity contribution in [3.8, 4) is 5.75 Å². The lowest BCUT2D eigenvalue weighted by atomic mass is 10.2. The second kappa shape index (κ2) is 6.82. The molecular weight excluding hydrogens is 227 g/mol. The molecule has 0 unspecified atom stereocenters. The van der Waals surface area contributed by atoms with Gasteiger partial charge < -0.3 is 20.9 Å². The molecule has 0 bridgehead atoms. The van der Waals surface area contributed by atoms with Gasteiger partial charge in [0, 0.05) is 19.2 Å². The van der Waals surface area contributed by atoms with Crippen LogP contribution in [-0.2, 0) is 4.74 Å². The van der Waals surface area contributed by atoms with Gasteiger partial charge in [-0.15, -0.1) is 0 Å². The quantitative estimate of drug-likeness (QED) is 0.624. The largest absolute Gasteiger partial charge is 0.508 e. The summed E-state index contributed by atoms with van der Waals surface area (Å²) in [7, 11) is 0. The van der Waals surface area contributed by atoms with Crippen LogP contribution in [0, 0.1) is 5.82 Å². The van der Waals surface area contributed by atoms with Crippen LogP contribution in [0.25, 0.3) is 0 Å². The third kappa shape index (κ3) is 4.38. The Kier molecular flexibility index (Phi) is 5.38. The van der Waals surface area contributed by atoms with Gasteiger partial charge in [0.25, 0.3) is 5.91 Å². The van der Waals surface area contributed by atoms with Crippen molar-refractivity contribution in [3.63, 3.8) is 0 Å². The van der Waals surface area contributed by atoms with E-state index in [1.54, 1.807) is 0 Å². The maximum atomic E-state index is 13.3. The average Bonchev–Trinajstić information content (AvgIpc) is 2.28. The number of ether oxygens (including phenoxy) is 1. The number of phenols is 1. The molecule has 1 amide bonds. The number of hydrogen-bond acceptors (Lipinski definition) is 4. The summed E-state index contributed by atoms with van der Waals surface area (Å²) in [6.45, 7) is 1.44. The lowest BCUT2D eigenvalue weighted by Crippen LogP contribution is -2.28. The second-order valence-corrected chi connectivity index (χ2v) is 3.32.